The number of ether oxygens (including phenoxy) is 1. The number of thioether (sulfide) groups is 1. The summed E-state index contributed by atoms with van der Waals surface area (Å²) in [5, 5.41) is 9.96. The first-order valence-electron chi connectivity index (χ1n) is 9.92. The number of hydrogen-bond acceptors (Lipinski definition) is 5. The van der Waals surface area contributed by atoms with Gasteiger partial charge in [-0.15, -0.1) is 10.2 Å². The molecule has 30 heavy (non-hydrogen) atoms. The Kier molecular flexibility index (Phi) is 6.59. The fourth-order valence-electron chi connectivity index (χ4n) is 3.53. The number of halogens is 1. The lowest BCUT2D eigenvalue weighted by Crippen LogP contribution is -2.36. The molecule has 1 amide bonds. The molecule has 0 N–H and O–H groups in total. The van der Waals surface area contributed by atoms with Crippen molar-refractivity contribution in [2.45, 2.75) is 24.4 Å². The summed E-state index contributed by atoms with van der Waals surface area (Å²) in [6, 6.07) is 15.4. The monoisotopic (exact) mass is 442 g/mol. The molecule has 156 valence electrons. The predicted octanol–water partition coefficient (Wildman–Crippen LogP) is 4.70. The molecule has 0 unspecified atom stereocenters. The zero-order valence-electron chi connectivity index (χ0n) is 16.8. The van der Waals surface area contributed by atoms with Crippen LogP contribution in [0.1, 0.15) is 19.3 Å². The van der Waals surface area contributed by atoms with Crippen molar-refractivity contribution in [2.24, 2.45) is 0 Å². The Labute approximate surface area is 185 Å². The van der Waals surface area contributed by atoms with Crippen LogP contribution in [0.25, 0.3) is 17.1 Å². The molecule has 0 spiro atoms. The molecular formula is C22H23ClN4O2S. The van der Waals surface area contributed by atoms with Crippen LogP contribution in [0, 0.1) is 0 Å². The fraction of sp³-hybridized carbons (Fsp3) is 0.318. The van der Waals surface area contributed by atoms with E-state index in [4.69, 9.17) is 16.3 Å². The Balaban J connectivity index is 1.66. The normalized spacial score (nSPS) is 14.0. The van der Waals surface area contributed by atoms with E-state index in [9.17, 15) is 4.79 Å². The van der Waals surface area contributed by atoms with E-state index < -0.39 is 0 Å². The van der Waals surface area contributed by atoms with Crippen LogP contribution in [-0.2, 0) is 4.79 Å². The highest BCUT2D eigenvalue weighted by Crippen LogP contribution is 2.32. The molecule has 4 rings (SSSR count). The highest BCUT2D eigenvalue weighted by atomic mass is 35.5. The lowest BCUT2D eigenvalue weighted by Gasteiger charge is -2.26. The zero-order valence-corrected chi connectivity index (χ0v) is 18.3. The van der Waals surface area contributed by atoms with Crippen LogP contribution in [0.15, 0.2) is 53.7 Å². The van der Waals surface area contributed by atoms with Crippen molar-refractivity contribution >= 4 is 29.3 Å². The van der Waals surface area contributed by atoms with Crippen molar-refractivity contribution < 1.29 is 9.53 Å². The summed E-state index contributed by atoms with van der Waals surface area (Å²) in [7, 11) is 1.59. The number of likely N-dealkylation sites (tertiary alicyclic amines) is 1. The van der Waals surface area contributed by atoms with Crippen molar-refractivity contribution in [3.05, 3.63) is 53.6 Å². The van der Waals surface area contributed by atoms with Gasteiger partial charge in [-0.1, -0.05) is 53.7 Å². The molecule has 0 radical (unpaired) electrons. The van der Waals surface area contributed by atoms with Crippen LogP contribution in [0.2, 0.25) is 5.02 Å². The van der Waals surface area contributed by atoms with Gasteiger partial charge in [0, 0.05) is 18.7 Å². The number of benzene rings is 2. The third kappa shape index (κ3) is 4.47. The third-order valence-corrected chi connectivity index (χ3v) is 6.30. The van der Waals surface area contributed by atoms with E-state index in [1.807, 2.05) is 58.0 Å². The summed E-state index contributed by atoms with van der Waals surface area (Å²) in [5.41, 5.74) is 1.75. The van der Waals surface area contributed by atoms with E-state index in [0.29, 0.717) is 27.5 Å². The minimum Gasteiger partial charge on any atom is -0.495 e. The SMILES string of the molecule is COc1ccc(-n2c(SCC(=O)N3CCCCC3)nnc2-c2ccccc2)cc1Cl. The van der Waals surface area contributed by atoms with Crippen LogP contribution in [0.4, 0.5) is 0 Å². The molecule has 1 aliphatic rings. The van der Waals surface area contributed by atoms with E-state index >= 15 is 0 Å². The van der Waals surface area contributed by atoms with Crippen LogP contribution in [0.5, 0.6) is 5.75 Å². The van der Waals surface area contributed by atoms with Crippen molar-refractivity contribution in [3.63, 3.8) is 0 Å². The van der Waals surface area contributed by atoms with Crippen LogP contribution in [0.3, 0.4) is 0 Å². The molecule has 1 saturated heterocycles. The second-order valence-electron chi connectivity index (χ2n) is 7.06. The second-order valence-corrected chi connectivity index (χ2v) is 8.41. The smallest absolute Gasteiger partial charge is 0.233 e. The van der Waals surface area contributed by atoms with E-state index in [1.54, 1.807) is 7.11 Å². The number of rotatable bonds is 6. The number of hydrogen-bond donors (Lipinski definition) is 0. The minimum absolute atomic E-state index is 0.142. The van der Waals surface area contributed by atoms with Gasteiger partial charge in [-0.25, -0.2) is 0 Å². The molecule has 1 aromatic heterocycles. The van der Waals surface area contributed by atoms with Crippen LogP contribution >= 0.6 is 23.4 Å². The number of amides is 1. The van der Waals surface area contributed by atoms with E-state index in [1.165, 1.54) is 18.2 Å². The fourth-order valence-corrected chi connectivity index (χ4v) is 4.63. The van der Waals surface area contributed by atoms with Gasteiger partial charge < -0.3 is 9.64 Å². The molecule has 0 aliphatic carbocycles. The molecule has 3 aromatic rings. The van der Waals surface area contributed by atoms with Gasteiger partial charge in [-0.3, -0.25) is 9.36 Å². The molecule has 6 nitrogen and oxygen atoms in total. The molecule has 1 fully saturated rings. The summed E-state index contributed by atoms with van der Waals surface area (Å²) in [6.45, 7) is 1.69. The van der Waals surface area contributed by atoms with E-state index in [-0.39, 0.29) is 5.91 Å². The number of methoxy groups -OCH3 is 1. The van der Waals surface area contributed by atoms with Gasteiger partial charge in [-0.2, -0.15) is 0 Å². The van der Waals surface area contributed by atoms with Gasteiger partial charge >= 0.3 is 0 Å². The van der Waals surface area contributed by atoms with Crippen molar-refractivity contribution in [1.82, 2.24) is 19.7 Å². The number of aromatic nitrogens is 3. The molecule has 0 saturated carbocycles. The van der Waals surface area contributed by atoms with Crippen molar-refractivity contribution in [2.75, 3.05) is 26.0 Å². The Morgan fingerprint density at radius 1 is 1.10 bits per heavy atom. The third-order valence-electron chi connectivity index (χ3n) is 5.09. The Bertz CT molecular complexity index is 1020. The van der Waals surface area contributed by atoms with Crippen LogP contribution < -0.4 is 4.74 Å². The zero-order chi connectivity index (χ0) is 20.9. The summed E-state index contributed by atoms with van der Waals surface area (Å²) >= 11 is 7.78. The van der Waals surface area contributed by atoms with Gasteiger partial charge in [-0.05, 0) is 37.5 Å². The molecule has 8 heteroatoms. The Morgan fingerprint density at radius 3 is 2.57 bits per heavy atom. The Hall–Kier alpha value is -2.51. The van der Waals surface area contributed by atoms with Gasteiger partial charge in [0.2, 0.25) is 5.91 Å². The maximum Gasteiger partial charge on any atom is 0.233 e. The molecular weight excluding hydrogens is 420 g/mol. The molecule has 0 bridgehead atoms. The topological polar surface area (TPSA) is 60.2 Å². The predicted molar refractivity (Wildman–Crippen MR) is 120 cm³/mol. The first kappa shape index (κ1) is 20.8. The maximum absolute atomic E-state index is 12.6. The lowest BCUT2D eigenvalue weighted by atomic mass is 10.1. The largest absolute Gasteiger partial charge is 0.495 e. The number of carbonyl (C=O) groups excluding carboxylic acids is 1. The highest BCUT2D eigenvalue weighted by Gasteiger charge is 2.21. The van der Waals surface area contributed by atoms with E-state index in [2.05, 4.69) is 10.2 Å². The van der Waals surface area contributed by atoms with Crippen molar-refractivity contribution in [1.29, 1.82) is 0 Å². The minimum atomic E-state index is 0.142. The average molecular weight is 443 g/mol. The summed E-state index contributed by atoms with van der Waals surface area (Å²) in [4.78, 5) is 14.6. The summed E-state index contributed by atoms with van der Waals surface area (Å²) in [6.07, 6.45) is 3.36. The summed E-state index contributed by atoms with van der Waals surface area (Å²) in [5.74, 6) is 1.77. The maximum atomic E-state index is 12.6. The Morgan fingerprint density at radius 2 is 1.87 bits per heavy atom. The van der Waals surface area contributed by atoms with Gasteiger partial charge in [0.25, 0.3) is 0 Å². The second kappa shape index (κ2) is 9.53. The number of piperidine rings is 1. The number of carbonyl (C=O) groups is 1. The lowest BCUT2D eigenvalue weighted by molar-refractivity contribution is -0.129. The molecule has 1 aliphatic heterocycles. The molecule has 0 atom stereocenters. The first-order chi connectivity index (χ1) is 14.7. The average Bonchev–Trinajstić information content (AvgIpc) is 3.22. The van der Waals surface area contributed by atoms with Crippen molar-refractivity contribution in [3.8, 4) is 22.8 Å². The van der Waals surface area contributed by atoms with Crippen LogP contribution in [-0.4, -0.2) is 51.5 Å². The molecule has 2 heterocycles. The standard InChI is InChI=1S/C22H23ClN4O2S/c1-29-19-11-10-17(14-18(19)23)27-21(16-8-4-2-5-9-16)24-25-22(27)30-15-20(28)26-12-6-3-7-13-26/h2,4-5,8-11,14H,3,6-7,12-13,15H2,1H3. The van der Waals surface area contributed by atoms with Gasteiger partial charge in [0.05, 0.1) is 23.6 Å². The first-order valence-corrected chi connectivity index (χ1v) is 11.3. The quantitative estimate of drug-likeness (QED) is 0.518. The van der Waals surface area contributed by atoms with E-state index in [0.717, 1.165) is 37.2 Å². The highest BCUT2D eigenvalue weighted by molar-refractivity contribution is 7.99. The summed E-state index contributed by atoms with van der Waals surface area (Å²) < 4.78 is 7.22. The van der Waals surface area contributed by atoms with Gasteiger partial charge in [0.15, 0.2) is 11.0 Å². The molecule has 2 aromatic carbocycles. The number of nitrogens with zero attached hydrogens (tertiary/aromatic N) is 4. The van der Waals surface area contributed by atoms with Gasteiger partial charge in [0.1, 0.15) is 5.75 Å².